The van der Waals surface area contributed by atoms with Crippen LogP contribution in [0.5, 0.6) is 0 Å². The molecule has 1 aliphatic rings. The van der Waals surface area contributed by atoms with Gasteiger partial charge < -0.3 is 14.4 Å². The van der Waals surface area contributed by atoms with E-state index >= 15 is 0 Å². The minimum Gasteiger partial charge on any atom is -0.382 e. The Morgan fingerprint density at radius 3 is 3.00 bits per heavy atom. The molecule has 2 heterocycles. The first-order chi connectivity index (χ1) is 9.51. The van der Waals surface area contributed by atoms with Crippen molar-refractivity contribution in [1.29, 1.82) is 0 Å². The highest BCUT2D eigenvalue weighted by Crippen LogP contribution is 2.29. The predicted octanol–water partition coefficient (Wildman–Crippen LogP) is 1.88. The number of hydrogen-bond acceptors (Lipinski definition) is 6. The molecule has 0 N–H and O–H groups in total. The Morgan fingerprint density at radius 2 is 2.40 bits per heavy atom. The first-order valence-electron chi connectivity index (χ1n) is 6.20. The third-order valence-corrected chi connectivity index (χ3v) is 3.27. The number of ether oxygens (including phenoxy) is 2. The van der Waals surface area contributed by atoms with Crippen molar-refractivity contribution in [3.8, 4) is 0 Å². The van der Waals surface area contributed by atoms with Crippen LogP contribution < -0.4 is 4.90 Å². The molecular weight excluding hydrogens is 286 g/mol. The van der Waals surface area contributed by atoms with Crippen LogP contribution in [-0.2, 0) is 9.47 Å². The van der Waals surface area contributed by atoms with Gasteiger partial charge in [-0.3, -0.25) is 10.1 Å². The van der Waals surface area contributed by atoms with E-state index in [0.717, 1.165) is 0 Å². The number of aromatic nitrogens is 1. The molecule has 0 amide bonds. The van der Waals surface area contributed by atoms with Crippen LogP contribution in [-0.4, -0.2) is 48.9 Å². The van der Waals surface area contributed by atoms with E-state index in [1.54, 1.807) is 7.11 Å². The summed E-state index contributed by atoms with van der Waals surface area (Å²) in [5.74, 6) is 0.536. The summed E-state index contributed by atoms with van der Waals surface area (Å²) in [5, 5.41) is 11.0. The van der Waals surface area contributed by atoms with Crippen molar-refractivity contribution in [2.75, 3.05) is 31.7 Å². The molecule has 2 rings (SSSR count). The quantitative estimate of drug-likeness (QED) is 0.624. The normalized spacial score (nSPS) is 22.9. The van der Waals surface area contributed by atoms with Gasteiger partial charge in [0, 0.05) is 26.3 Å². The summed E-state index contributed by atoms with van der Waals surface area (Å²) in [6, 6.07) is 1.31. The van der Waals surface area contributed by atoms with Crippen molar-refractivity contribution in [3.05, 3.63) is 27.4 Å². The summed E-state index contributed by atoms with van der Waals surface area (Å²) in [7, 11) is 1.62. The lowest BCUT2D eigenvalue weighted by Gasteiger charge is -2.37. The summed E-state index contributed by atoms with van der Waals surface area (Å²) in [5.41, 5.74) is -0.117. The number of pyridine rings is 1. The Morgan fingerprint density at radius 1 is 1.65 bits per heavy atom. The van der Waals surface area contributed by atoms with Gasteiger partial charge in [-0.1, -0.05) is 11.6 Å². The van der Waals surface area contributed by atoms with Gasteiger partial charge in [-0.2, -0.15) is 0 Å². The van der Waals surface area contributed by atoms with Gasteiger partial charge in [-0.15, -0.1) is 0 Å². The number of hydrogen-bond donors (Lipinski definition) is 0. The second-order valence-electron chi connectivity index (χ2n) is 4.69. The largest absolute Gasteiger partial charge is 0.382 e. The van der Waals surface area contributed by atoms with Gasteiger partial charge in [-0.05, 0) is 6.92 Å². The zero-order valence-corrected chi connectivity index (χ0v) is 12.0. The molecule has 2 atom stereocenters. The smallest absolute Gasteiger partial charge is 0.289 e. The van der Waals surface area contributed by atoms with Crippen LogP contribution in [0.15, 0.2) is 12.3 Å². The fourth-order valence-electron chi connectivity index (χ4n) is 2.25. The van der Waals surface area contributed by atoms with Crippen LogP contribution in [0.2, 0.25) is 5.02 Å². The maximum absolute atomic E-state index is 10.7. The zero-order valence-electron chi connectivity index (χ0n) is 11.3. The molecule has 0 radical (unpaired) electrons. The van der Waals surface area contributed by atoms with E-state index in [2.05, 4.69) is 4.98 Å². The molecule has 0 bridgehead atoms. The van der Waals surface area contributed by atoms with Crippen molar-refractivity contribution >= 4 is 23.1 Å². The molecule has 20 heavy (non-hydrogen) atoms. The summed E-state index contributed by atoms with van der Waals surface area (Å²) >= 11 is 6.10. The van der Waals surface area contributed by atoms with Crippen molar-refractivity contribution in [1.82, 2.24) is 4.98 Å². The van der Waals surface area contributed by atoms with Crippen LogP contribution in [0.1, 0.15) is 6.92 Å². The maximum atomic E-state index is 10.7. The van der Waals surface area contributed by atoms with E-state index < -0.39 is 4.92 Å². The van der Waals surface area contributed by atoms with Crippen LogP contribution in [0, 0.1) is 10.1 Å². The number of nitro groups is 1. The standard InChI is InChI=1S/C12H16ClN3O4/c1-8-5-15(6-10(20-8)7-19-2)12-11(13)3-9(4-14-12)16(17)18/h3-4,8,10H,5-7H2,1-2H3. The van der Waals surface area contributed by atoms with Gasteiger partial charge in [0.1, 0.15) is 12.0 Å². The molecule has 110 valence electrons. The van der Waals surface area contributed by atoms with Gasteiger partial charge in [-0.25, -0.2) is 4.98 Å². The Balaban J connectivity index is 2.19. The molecule has 1 saturated heterocycles. The molecule has 0 saturated carbocycles. The van der Waals surface area contributed by atoms with Crippen LogP contribution in [0.4, 0.5) is 11.5 Å². The molecule has 2 unspecified atom stereocenters. The van der Waals surface area contributed by atoms with Crippen molar-refractivity contribution in [2.45, 2.75) is 19.1 Å². The molecule has 1 aromatic heterocycles. The molecule has 8 heteroatoms. The fourth-order valence-corrected chi connectivity index (χ4v) is 2.53. The summed E-state index contributed by atoms with van der Waals surface area (Å²) in [4.78, 5) is 16.2. The Hall–Kier alpha value is -1.44. The molecule has 0 spiro atoms. The molecule has 1 aliphatic heterocycles. The molecular formula is C12H16ClN3O4. The summed E-state index contributed by atoms with van der Waals surface area (Å²) in [6.45, 7) is 3.65. The maximum Gasteiger partial charge on any atom is 0.289 e. The van der Waals surface area contributed by atoms with E-state index in [1.807, 2.05) is 11.8 Å². The first kappa shape index (κ1) is 15.0. The number of morpholine rings is 1. The highest BCUT2D eigenvalue weighted by molar-refractivity contribution is 6.33. The Labute approximate surface area is 121 Å². The Kier molecular flexibility index (Phi) is 4.74. The second kappa shape index (κ2) is 6.34. The van der Waals surface area contributed by atoms with Crippen molar-refractivity contribution < 1.29 is 14.4 Å². The van der Waals surface area contributed by atoms with E-state index in [0.29, 0.717) is 25.5 Å². The lowest BCUT2D eigenvalue weighted by molar-refractivity contribution is -0.385. The number of methoxy groups -OCH3 is 1. The average Bonchev–Trinajstić information content (AvgIpc) is 2.38. The average molecular weight is 302 g/mol. The third-order valence-electron chi connectivity index (χ3n) is 3.00. The summed E-state index contributed by atoms with van der Waals surface area (Å²) < 4.78 is 10.8. The van der Waals surface area contributed by atoms with Crippen molar-refractivity contribution in [3.63, 3.8) is 0 Å². The zero-order chi connectivity index (χ0) is 14.7. The van der Waals surface area contributed by atoms with Crippen LogP contribution >= 0.6 is 11.6 Å². The van der Waals surface area contributed by atoms with Gasteiger partial charge >= 0.3 is 0 Å². The highest BCUT2D eigenvalue weighted by Gasteiger charge is 2.27. The van der Waals surface area contributed by atoms with Crippen molar-refractivity contribution in [2.24, 2.45) is 0 Å². The van der Waals surface area contributed by atoms with Crippen LogP contribution in [0.3, 0.4) is 0 Å². The molecule has 1 aromatic rings. The Bertz CT molecular complexity index is 500. The van der Waals surface area contributed by atoms with Gasteiger partial charge in [0.2, 0.25) is 0 Å². The van der Waals surface area contributed by atoms with Gasteiger partial charge in [0.15, 0.2) is 0 Å². The molecule has 7 nitrogen and oxygen atoms in total. The number of rotatable bonds is 4. The first-order valence-corrected chi connectivity index (χ1v) is 6.58. The minimum absolute atomic E-state index is 0.0111. The van der Waals surface area contributed by atoms with E-state index in [4.69, 9.17) is 21.1 Å². The van der Waals surface area contributed by atoms with E-state index in [9.17, 15) is 10.1 Å². The SMILES string of the molecule is COCC1CN(c2ncc([N+](=O)[O-])cc2Cl)CC(C)O1. The molecule has 0 aromatic carbocycles. The second-order valence-corrected chi connectivity index (χ2v) is 5.09. The number of halogens is 1. The highest BCUT2D eigenvalue weighted by atomic mass is 35.5. The third kappa shape index (κ3) is 3.36. The molecule has 0 aliphatic carbocycles. The predicted molar refractivity (Wildman–Crippen MR) is 74.3 cm³/mol. The number of anilines is 1. The lowest BCUT2D eigenvalue weighted by atomic mass is 10.2. The van der Waals surface area contributed by atoms with Crippen LogP contribution in [0.25, 0.3) is 0 Å². The number of nitrogens with zero attached hydrogens (tertiary/aromatic N) is 3. The topological polar surface area (TPSA) is 77.7 Å². The summed E-state index contributed by atoms with van der Waals surface area (Å²) in [6.07, 6.45) is 1.15. The monoisotopic (exact) mass is 301 g/mol. The van der Waals surface area contributed by atoms with Gasteiger partial charge in [0.25, 0.3) is 5.69 Å². The minimum atomic E-state index is -0.516. The molecule has 1 fully saturated rings. The lowest BCUT2D eigenvalue weighted by Crippen LogP contribution is -2.48. The van der Waals surface area contributed by atoms with Gasteiger partial charge in [0.05, 0.1) is 28.8 Å². The van der Waals surface area contributed by atoms with E-state index in [1.165, 1.54) is 12.3 Å². The fraction of sp³-hybridized carbons (Fsp3) is 0.583. The van der Waals surface area contributed by atoms with E-state index in [-0.39, 0.29) is 22.9 Å².